The van der Waals surface area contributed by atoms with Crippen LogP contribution in [0.1, 0.15) is 44.9 Å². The number of nitrogens with one attached hydrogen (secondary N) is 2. The van der Waals surface area contributed by atoms with Gasteiger partial charge < -0.3 is 15.4 Å². The molecule has 0 spiro atoms. The second-order valence-electron chi connectivity index (χ2n) is 8.59. The van der Waals surface area contributed by atoms with Crippen molar-refractivity contribution in [1.82, 2.24) is 10.6 Å². The average Bonchev–Trinajstić information content (AvgIpc) is 2.73. The van der Waals surface area contributed by atoms with Gasteiger partial charge in [0.2, 0.25) is 0 Å². The molecular formula is C24H28N2O5S. The van der Waals surface area contributed by atoms with Gasteiger partial charge in [-0.25, -0.2) is 18.0 Å². The predicted octanol–water partition coefficient (Wildman–Crippen LogP) is 3.63. The van der Waals surface area contributed by atoms with Crippen LogP contribution in [0, 0.1) is 0 Å². The van der Waals surface area contributed by atoms with Crippen molar-refractivity contribution >= 4 is 21.8 Å². The SMILES string of the molecule is CCOC(=O)C1=C(CS(=O)(=O)c2ccc(C(C)(C)C)cc2)NC(=O)N[C@H]1c1ccccc1. The van der Waals surface area contributed by atoms with Crippen molar-refractivity contribution in [1.29, 1.82) is 0 Å². The molecule has 170 valence electrons. The van der Waals surface area contributed by atoms with E-state index >= 15 is 0 Å². The lowest BCUT2D eigenvalue weighted by molar-refractivity contribution is -0.139. The van der Waals surface area contributed by atoms with E-state index in [1.54, 1.807) is 55.5 Å². The molecule has 2 amide bonds. The topological polar surface area (TPSA) is 102 Å². The first-order valence-electron chi connectivity index (χ1n) is 10.4. The highest BCUT2D eigenvalue weighted by molar-refractivity contribution is 7.91. The molecule has 0 saturated carbocycles. The summed E-state index contributed by atoms with van der Waals surface area (Å²) in [6.45, 7) is 7.91. The molecule has 3 rings (SSSR count). The Morgan fingerprint density at radius 1 is 1.03 bits per heavy atom. The van der Waals surface area contributed by atoms with Gasteiger partial charge >= 0.3 is 12.0 Å². The van der Waals surface area contributed by atoms with Gasteiger partial charge in [-0.05, 0) is 35.6 Å². The van der Waals surface area contributed by atoms with E-state index in [1.807, 2.05) is 26.8 Å². The van der Waals surface area contributed by atoms with Crippen LogP contribution in [-0.2, 0) is 24.8 Å². The van der Waals surface area contributed by atoms with E-state index in [0.29, 0.717) is 5.56 Å². The lowest BCUT2D eigenvalue weighted by Crippen LogP contribution is -2.47. The molecule has 2 aromatic rings. The third-order valence-electron chi connectivity index (χ3n) is 5.20. The standard InChI is InChI=1S/C24H28N2O5S/c1-5-31-22(27)20-19(25-23(28)26-21(20)16-9-7-6-8-10-16)15-32(29,30)18-13-11-17(12-14-18)24(2,3)4/h6-14,21H,5,15H2,1-4H3,(H2,25,26,28)/t21-/m0/s1. The summed E-state index contributed by atoms with van der Waals surface area (Å²) in [7, 11) is -3.84. The van der Waals surface area contributed by atoms with Crippen molar-refractivity contribution in [3.05, 3.63) is 77.0 Å². The Hall–Kier alpha value is -3.13. The highest BCUT2D eigenvalue weighted by atomic mass is 32.2. The molecule has 1 aliphatic rings. The Morgan fingerprint density at radius 2 is 1.66 bits per heavy atom. The number of hydrogen-bond acceptors (Lipinski definition) is 5. The zero-order valence-electron chi connectivity index (χ0n) is 18.6. The minimum atomic E-state index is -3.84. The molecule has 0 radical (unpaired) electrons. The average molecular weight is 457 g/mol. The fraction of sp³-hybridized carbons (Fsp3) is 0.333. The molecule has 1 aliphatic heterocycles. The number of urea groups is 1. The summed E-state index contributed by atoms with van der Waals surface area (Å²) in [5.41, 5.74) is 1.62. The monoisotopic (exact) mass is 456 g/mol. The van der Waals surface area contributed by atoms with Crippen LogP contribution in [0.15, 0.2) is 70.8 Å². The Bertz CT molecular complexity index is 1130. The molecule has 2 aromatic carbocycles. The van der Waals surface area contributed by atoms with Crippen LogP contribution >= 0.6 is 0 Å². The first-order valence-corrected chi connectivity index (χ1v) is 12.0. The molecule has 8 heteroatoms. The summed E-state index contributed by atoms with van der Waals surface area (Å²) in [5.74, 6) is -1.21. The number of benzene rings is 2. The Morgan fingerprint density at radius 3 is 2.22 bits per heavy atom. The number of rotatable bonds is 6. The minimum absolute atomic E-state index is 0.0148. The van der Waals surface area contributed by atoms with E-state index in [-0.39, 0.29) is 28.2 Å². The van der Waals surface area contributed by atoms with Gasteiger partial charge in [-0.2, -0.15) is 0 Å². The van der Waals surface area contributed by atoms with E-state index < -0.39 is 33.6 Å². The Kier molecular flexibility index (Phi) is 6.74. The molecule has 0 fully saturated rings. The van der Waals surface area contributed by atoms with E-state index in [0.717, 1.165) is 5.56 Å². The maximum atomic E-state index is 13.2. The summed E-state index contributed by atoms with van der Waals surface area (Å²) < 4.78 is 31.5. The van der Waals surface area contributed by atoms with E-state index in [4.69, 9.17) is 4.74 Å². The molecule has 0 unspecified atom stereocenters. The van der Waals surface area contributed by atoms with Crippen molar-refractivity contribution in [2.45, 2.75) is 44.0 Å². The van der Waals surface area contributed by atoms with Gasteiger partial charge in [0, 0.05) is 5.70 Å². The van der Waals surface area contributed by atoms with Gasteiger partial charge in [0.1, 0.15) is 0 Å². The first kappa shape index (κ1) is 23.5. The number of carbonyl (C=O) groups excluding carboxylic acids is 2. The van der Waals surface area contributed by atoms with Gasteiger partial charge in [0.15, 0.2) is 9.84 Å². The third-order valence-corrected chi connectivity index (χ3v) is 6.85. The summed E-state index contributed by atoms with van der Waals surface area (Å²) >= 11 is 0. The molecule has 1 heterocycles. The van der Waals surface area contributed by atoms with Gasteiger partial charge in [-0.15, -0.1) is 0 Å². The van der Waals surface area contributed by atoms with Crippen LogP contribution in [-0.4, -0.2) is 32.8 Å². The smallest absolute Gasteiger partial charge is 0.338 e. The molecular weight excluding hydrogens is 428 g/mol. The molecule has 0 aliphatic carbocycles. The second-order valence-corrected chi connectivity index (χ2v) is 10.6. The van der Waals surface area contributed by atoms with E-state index in [2.05, 4.69) is 10.6 Å². The number of amides is 2. The maximum absolute atomic E-state index is 13.2. The second kappa shape index (κ2) is 9.16. The highest BCUT2D eigenvalue weighted by Gasteiger charge is 2.35. The summed E-state index contributed by atoms with van der Waals surface area (Å²) in [6.07, 6.45) is 0. The summed E-state index contributed by atoms with van der Waals surface area (Å²) in [5, 5.41) is 5.21. The Balaban J connectivity index is 2.04. The largest absolute Gasteiger partial charge is 0.463 e. The highest BCUT2D eigenvalue weighted by Crippen LogP contribution is 2.30. The Labute approximate surface area is 188 Å². The van der Waals surface area contributed by atoms with Gasteiger partial charge in [0.05, 0.1) is 28.9 Å². The molecule has 0 saturated heterocycles. The van der Waals surface area contributed by atoms with Gasteiger partial charge in [-0.1, -0.05) is 63.2 Å². The van der Waals surface area contributed by atoms with E-state index in [1.165, 1.54) is 0 Å². The molecule has 32 heavy (non-hydrogen) atoms. The molecule has 1 atom stereocenters. The van der Waals surface area contributed by atoms with Crippen LogP contribution < -0.4 is 10.6 Å². The van der Waals surface area contributed by atoms with Crippen LogP contribution in [0.4, 0.5) is 4.79 Å². The van der Waals surface area contributed by atoms with Crippen molar-refractivity contribution in [2.24, 2.45) is 0 Å². The van der Waals surface area contributed by atoms with Gasteiger partial charge in [0.25, 0.3) is 0 Å². The summed E-state index contributed by atoms with van der Waals surface area (Å²) in [4.78, 5) is 25.3. The van der Waals surface area contributed by atoms with E-state index in [9.17, 15) is 18.0 Å². The number of sulfone groups is 1. The normalized spacial score (nSPS) is 16.9. The fourth-order valence-electron chi connectivity index (χ4n) is 3.51. The lowest BCUT2D eigenvalue weighted by atomic mass is 9.87. The number of ether oxygens (including phenoxy) is 1. The van der Waals surface area contributed by atoms with Gasteiger partial charge in [-0.3, -0.25) is 0 Å². The zero-order valence-corrected chi connectivity index (χ0v) is 19.5. The third kappa shape index (κ3) is 5.19. The van der Waals surface area contributed by atoms with Crippen LogP contribution in [0.3, 0.4) is 0 Å². The molecule has 0 bridgehead atoms. The number of hydrogen-bond donors (Lipinski definition) is 2. The maximum Gasteiger partial charge on any atom is 0.338 e. The minimum Gasteiger partial charge on any atom is -0.463 e. The predicted molar refractivity (Wildman–Crippen MR) is 122 cm³/mol. The van der Waals surface area contributed by atoms with Crippen LogP contribution in [0.5, 0.6) is 0 Å². The first-order chi connectivity index (χ1) is 15.0. The van der Waals surface area contributed by atoms with Crippen molar-refractivity contribution in [3.63, 3.8) is 0 Å². The summed E-state index contributed by atoms with van der Waals surface area (Å²) in [6, 6.07) is 14.1. The molecule has 2 N–H and O–H groups in total. The van der Waals surface area contributed by atoms with Crippen LogP contribution in [0.2, 0.25) is 0 Å². The number of carbonyl (C=O) groups is 2. The van der Waals surface area contributed by atoms with Crippen molar-refractivity contribution in [2.75, 3.05) is 12.4 Å². The van der Waals surface area contributed by atoms with Crippen LogP contribution in [0.25, 0.3) is 0 Å². The zero-order chi connectivity index (χ0) is 23.5. The van der Waals surface area contributed by atoms with Crippen molar-refractivity contribution in [3.8, 4) is 0 Å². The molecule has 0 aromatic heterocycles. The fourth-order valence-corrected chi connectivity index (χ4v) is 4.84. The number of esters is 1. The quantitative estimate of drug-likeness (QED) is 0.647. The molecule has 7 nitrogen and oxygen atoms in total. The lowest BCUT2D eigenvalue weighted by Gasteiger charge is -2.29. The van der Waals surface area contributed by atoms with Crippen molar-refractivity contribution < 1.29 is 22.7 Å².